The van der Waals surface area contributed by atoms with Crippen molar-refractivity contribution < 1.29 is 4.79 Å². The average Bonchev–Trinajstić information content (AvgIpc) is 2.37. The van der Waals surface area contributed by atoms with Crippen LogP contribution < -0.4 is 10.6 Å². The van der Waals surface area contributed by atoms with Gasteiger partial charge in [0.1, 0.15) is 0 Å². The minimum Gasteiger partial charge on any atom is -0.355 e. The standard InChI is InChI=1S/C15H25N3O/c1-11(2)7-8-16-15(19)13(4)18-10-14-6-5-12(3)17-9-14/h5-6,9,11,13,18H,7-8,10H2,1-4H3,(H,16,19). The van der Waals surface area contributed by atoms with E-state index in [-0.39, 0.29) is 11.9 Å². The van der Waals surface area contributed by atoms with E-state index in [1.807, 2.05) is 32.2 Å². The molecule has 0 aliphatic carbocycles. The summed E-state index contributed by atoms with van der Waals surface area (Å²) in [5.41, 5.74) is 2.09. The second-order valence-electron chi connectivity index (χ2n) is 5.38. The molecule has 1 unspecified atom stereocenters. The largest absolute Gasteiger partial charge is 0.355 e. The van der Waals surface area contributed by atoms with Crippen molar-refractivity contribution in [3.05, 3.63) is 29.6 Å². The molecule has 0 bridgehead atoms. The summed E-state index contributed by atoms with van der Waals surface area (Å²) in [4.78, 5) is 16.0. The molecular formula is C15H25N3O. The van der Waals surface area contributed by atoms with Gasteiger partial charge in [0.05, 0.1) is 6.04 Å². The number of rotatable bonds is 7. The number of carbonyl (C=O) groups excluding carboxylic acids is 1. The molecule has 0 aliphatic rings. The molecule has 1 atom stereocenters. The van der Waals surface area contributed by atoms with Crippen molar-refractivity contribution in [2.45, 2.75) is 46.7 Å². The molecule has 0 aliphatic heterocycles. The number of pyridine rings is 1. The molecule has 0 radical (unpaired) electrons. The Bertz CT molecular complexity index is 387. The van der Waals surface area contributed by atoms with Crippen molar-refractivity contribution in [1.82, 2.24) is 15.6 Å². The maximum Gasteiger partial charge on any atom is 0.236 e. The molecule has 2 N–H and O–H groups in total. The van der Waals surface area contributed by atoms with E-state index in [4.69, 9.17) is 0 Å². The monoisotopic (exact) mass is 263 g/mol. The number of aromatic nitrogens is 1. The first-order valence-electron chi connectivity index (χ1n) is 6.91. The Balaban J connectivity index is 2.28. The van der Waals surface area contributed by atoms with Gasteiger partial charge in [0.25, 0.3) is 0 Å². The van der Waals surface area contributed by atoms with Crippen LogP contribution in [0.1, 0.15) is 38.4 Å². The van der Waals surface area contributed by atoms with E-state index in [2.05, 4.69) is 29.5 Å². The summed E-state index contributed by atoms with van der Waals surface area (Å²) in [5, 5.41) is 6.15. The summed E-state index contributed by atoms with van der Waals surface area (Å²) in [6.07, 6.45) is 2.85. The van der Waals surface area contributed by atoms with Gasteiger partial charge in [-0.15, -0.1) is 0 Å². The maximum absolute atomic E-state index is 11.8. The summed E-state index contributed by atoms with van der Waals surface area (Å²) in [5.74, 6) is 0.669. The highest BCUT2D eigenvalue weighted by molar-refractivity contribution is 5.81. The lowest BCUT2D eigenvalue weighted by Crippen LogP contribution is -2.42. The molecule has 1 heterocycles. The van der Waals surface area contributed by atoms with Crippen molar-refractivity contribution >= 4 is 5.91 Å². The van der Waals surface area contributed by atoms with Crippen LogP contribution in [-0.4, -0.2) is 23.5 Å². The van der Waals surface area contributed by atoms with E-state index in [9.17, 15) is 4.79 Å². The molecule has 19 heavy (non-hydrogen) atoms. The zero-order chi connectivity index (χ0) is 14.3. The maximum atomic E-state index is 11.8. The molecule has 0 saturated carbocycles. The third-order valence-electron chi connectivity index (χ3n) is 3.00. The fourth-order valence-corrected chi connectivity index (χ4v) is 1.60. The number of hydrogen-bond acceptors (Lipinski definition) is 3. The number of hydrogen-bond donors (Lipinski definition) is 2. The molecular weight excluding hydrogens is 238 g/mol. The van der Waals surface area contributed by atoms with E-state index < -0.39 is 0 Å². The van der Waals surface area contributed by atoms with Gasteiger partial charge in [0.15, 0.2) is 0 Å². The number of amides is 1. The Morgan fingerprint density at radius 1 is 1.32 bits per heavy atom. The van der Waals surface area contributed by atoms with Crippen molar-refractivity contribution in [1.29, 1.82) is 0 Å². The van der Waals surface area contributed by atoms with Crippen LogP contribution in [0.5, 0.6) is 0 Å². The summed E-state index contributed by atoms with van der Waals surface area (Å²) >= 11 is 0. The molecule has 4 nitrogen and oxygen atoms in total. The highest BCUT2D eigenvalue weighted by atomic mass is 16.2. The van der Waals surface area contributed by atoms with Crippen LogP contribution in [0.15, 0.2) is 18.3 Å². The lowest BCUT2D eigenvalue weighted by Gasteiger charge is -2.14. The van der Waals surface area contributed by atoms with E-state index >= 15 is 0 Å². The van der Waals surface area contributed by atoms with Crippen molar-refractivity contribution in [3.8, 4) is 0 Å². The van der Waals surface area contributed by atoms with Crippen LogP contribution >= 0.6 is 0 Å². The quantitative estimate of drug-likeness (QED) is 0.791. The van der Waals surface area contributed by atoms with Crippen LogP contribution in [0.2, 0.25) is 0 Å². The van der Waals surface area contributed by atoms with Gasteiger partial charge in [0.2, 0.25) is 5.91 Å². The Kier molecular flexibility index (Phi) is 6.50. The minimum absolute atomic E-state index is 0.0562. The predicted octanol–water partition coefficient (Wildman–Crippen LogP) is 2.03. The third-order valence-corrected chi connectivity index (χ3v) is 3.00. The molecule has 0 fully saturated rings. The molecule has 1 amide bonds. The van der Waals surface area contributed by atoms with E-state index in [0.29, 0.717) is 12.5 Å². The van der Waals surface area contributed by atoms with E-state index in [0.717, 1.165) is 24.2 Å². The molecule has 0 aromatic carbocycles. The number of carbonyl (C=O) groups is 1. The zero-order valence-corrected chi connectivity index (χ0v) is 12.4. The van der Waals surface area contributed by atoms with E-state index in [1.54, 1.807) is 0 Å². The topological polar surface area (TPSA) is 54.0 Å². The van der Waals surface area contributed by atoms with Crippen molar-refractivity contribution in [2.75, 3.05) is 6.54 Å². The molecule has 106 valence electrons. The van der Waals surface area contributed by atoms with Crippen LogP contribution in [0, 0.1) is 12.8 Å². The highest BCUT2D eigenvalue weighted by Crippen LogP contribution is 2.00. The molecule has 1 rings (SSSR count). The molecule has 4 heteroatoms. The molecule has 0 spiro atoms. The first-order valence-corrected chi connectivity index (χ1v) is 6.91. The van der Waals surface area contributed by atoms with Gasteiger partial charge in [-0.2, -0.15) is 0 Å². The molecule has 1 aromatic rings. The lowest BCUT2D eigenvalue weighted by atomic mass is 10.1. The SMILES string of the molecule is Cc1ccc(CNC(C)C(=O)NCCC(C)C)cn1. The summed E-state index contributed by atoms with van der Waals surface area (Å²) < 4.78 is 0. The van der Waals surface area contributed by atoms with Gasteiger partial charge in [0, 0.05) is 25.0 Å². The van der Waals surface area contributed by atoms with Gasteiger partial charge in [-0.3, -0.25) is 9.78 Å². The fraction of sp³-hybridized carbons (Fsp3) is 0.600. The summed E-state index contributed by atoms with van der Waals surface area (Å²) in [6.45, 7) is 9.55. The molecule has 1 aromatic heterocycles. The normalized spacial score (nSPS) is 12.5. The summed E-state index contributed by atoms with van der Waals surface area (Å²) in [6, 6.07) is 3.82. The van der Waals surface area contributed by atoms with Crippen LogP contribution in [0.25, 0.3) is 0 Å². The van der Waals surface area contributed by atoms with Crippen LogP contribution in [-0.2, 0) is 11.3 Å². The Hall–Kier alpha value is -1.42. The second kappa shape index (κ2) is 7.89. The predicted molar refractivity (Wildman–Crippen MR) is 77.7 cm³/mol. The number of nitrogens with zero attached hydrogens (tertiary/aromatic N) is 1. The Labute approximate surface area is 116 Å². The van der Waals surface area contributed by atoms with E-state index in [1.165, 1.54) is 0 Å². The smallest absolute Gasteiger partial charge is 0.236 e. The average molecular weight is 263 g/mol. The first-order chi connectivity index (χ1) is 8.99. The lowest BCUT2D eigenvalue weighted by molar-refractivity contribution is -0.122. The highest BCUT2D eigenvalue weighted by Gasteiger charge is 2.11. The minimum atomic E-state index is -0.187. The summed E-state index contributed by atoms with van der Waals surface area (Å²) in [7, 11) is 0. The Morgan fingerprint density at radius 2 is 2.05 bits per heavy atom. The first kappa shape index (κ1) is 15.6. The number of nitrogens with one attached hydrogen (secondary N) is 2. The van der Waals surface area contributed by atoms with Crippen LogP contribution in [0.4, 0.5) is 0 Å². The van der Waals surface area contributed by atoms with Crippen molar-refractivity contribution in [3.63, 3.8) is 0 Å². The van der Waals surface area contributed by atoms with Gasteiger partial charge in [-0.25, -0.2) is 0 Å². The Morgan fingerprint density at radius 3 is 2.63 bits per heavy atom. The van der Waals surface area contributed by atoms with Crippen LogP contribution in [0.3, 0.4) is 0 Å². The van der Waals surface area contributed by atoms with Gasteiger partial charge in [-0.05, 0) is 37.8 Å². The van der Waals surface area contributed by atoms with Gasteiger partial charge in [-0.1, -0.05) is 19.9 Å². The van der Waals surface area contributed by atoms with Crippen molar-refractivity contribution in [2.24, 2.45) is 5.92 Å². The zero-order valence-electron chi connectivity index (χ0n) is 12.4. The van der Waals surface area contributed by atoms with Gasteiger partial charge >= 0.3 is 0 Å². The molecule has 0 saturated heterocycles. The number of aryl methyl sites for hydroxylation is 1. The fourth-order valence-electron chi connectivity index (χ4n) is 1.60. The third kappa shape index (κ3) is 6.34. The van der Waals surface area contributed by atoms with Gasteiger partial charge < -0.3 is 10.6 Å². The second-order valence-corrected chi connectivity index (χ2v) is 5.38.